The van der Waals surface area contributed by atoms with Crippen molar-refractivity contribution in [1.29, 1.82) is 0 Å². The molecule has 0 aliphatic heterocycles. The van der Waals surface area contributed by atoms with Crippen LogP contribution in [0.25, 0.3) is 0 Å². The van der Waals surface area contributed by atoms with Gasteiger partial charge in [-0.1, -0.05) is 23.2 Å². The third-order valence-corrected chi connectivity index (χ3v) is 4.11. The van der Waals surface area contributed by atoms with Crippen LogP contribution >= 0.6 is 35.0 Å². The van der Waals surface area contributed by atoms with Crippen LogP contribution in [-0.4, -0.2) is 19.5 Å². The van der Waals surface area contributed by atoms with E-state index in [1.807, 2.05) is 0 Å². The van der Waals surface area contributed by atoms with Gasteiger partial charge in [0.25, 0.3) is 10.0 Å². The average Bonchev–Trinajstić information content (AvgIpc) is 2.16. The lowest BCUT2D eigenvalue weighted by molar-refractivity contribution is 0.0697. The second kappa shape index (κ2) is 4.77. The summed E-state index contributed by atoms with van der Waals surface area (Å²) in [4.78, 5) is 10.3. The number of carbonyl (C=O) groups is 1. The third kappa shape index (κ3) is 2.58. The largest absolute Gasteiger partial charge is 0.478 e. The number of aromatic carboxylic acids is 1. The minimum absolute atomic E-state index is 0.161. The molecule has 0 saturated heterocycles. The summed E-state index contributed by atoms with van der Waals surface area (Å²) < 4.78 is 24.2. The topological polar surface area (TPSA) is 83.5 Å². The van der Waals surface area contributed by atoms with Crippen LogP contribution in [-0.2, 0) is 10.0 Å². The van der Waals surface area contributed by atoms with Crippen molar-refractivity contribution in [3.8, 4) is 0 Å². The first-order valence-corrected chi connectivity index (χ1v) is 6.26. The molecular weight excluding hydrogens is 301 g/mol. The van der Waals surface area contributed by atoms with Crippen molar-refractivity contribution < 1.29 is 18.3 Å². The van der Waals surface area contributed by atoms with Crippen molar-refractivity contribution in [3.05, 3.63) is 27.7 Å². The zero-order valence-corrected chi connectivity index (χ0v) is 10.5. The van der Waals surface area contributed by atoms with Crippen LogP contribution in [0, 0.1) is 0 Å². The van der Waals surface area contributed by atoms with Crippen molar-refractivity contribution in [1.82, 2.24) is 4.24 Å². The van der Waals surface area contributed by atoms with Gasteiger partial charge in [-0.3, -0.25) is 0 Å². The highest BCUT2D eigenvalue weighted by Crippen LogP contribution is 2.28. The van der Waals surface area contributed by atoms with Gasteiger partial charge in [0, 0.05) is 0 Å². The van der Waals surface area contributed by atoms with Gasteiger partial charge in [0.1, 0.15) is 4.90 Å². The standard InChI is InChI=1S/C7H4Cl3NO4S/c8-4-2-5(9)6(16(14,15)11-10)1-3(4)7(12)13/h1-2,11H,(H,12,13). The van der Waals surface area contributed by atoms with Crippen molar-refractivity contribution in [2.24, 2.45) is 0 Å². The lowest BCUT2D eigenvalue weighted by Crippen LogP contribution is -2.15. The molecule has 0 aliphatic carbocycles. The molecule has 2 N–H and O–H groups in total. The molecule has 0 radical (unpaired) electrons. The molecule has 16 heavy (non-hydrogen) atoms. The van der Waals surface area contributed by atoms with Crippen LogP contribution < -0.4 is 4.24 Å². The number of sulfonamides is 1. The number of carboxylic acid groups (broad SMARTS) is 1. The first-order valence-electron chi connectivity index (χ1n) is 3.64. The molecule has 88 valence electrons. The van der Waals surface area contributed by atoms with Gasteiger partial charge in [-0.2, -0.15) is 0 Å². The van der Waals surface area contributed by atoms with Gasteiger partial charge in [0.15, 0.2) is 0 Å². The maximum Gasteiger partial charge on any atom is 0.337 e. The van der Waals surface area contributed by atoms with Crippen molar-refractivity contribution in [2.75, 3.05) is 0 Å². The normalized spacial score (nSPS) is 11.4. The molecule has 1 aromatic carbocycles. The molecular formula is C7H4Cl3NO4S. The molecule has 0 unspecified atom stereocenters. The van der Waals surface area contributed by atoms with Crippen LogP contribution in [0.15, 0.2) is 17.0 Å². The van der Waals surface area contributed by atoms with Crippen molar-refractivity contribution in [2.45, 2.75) is 4.90 Å². The van der Waals surface area contributed by atoms with E-state index in [4.69, 9.17) is 40.1 Å². The van der Waals surface area contributed by atoms with Crippen LogP contribution in [0.5, 0.6) is 0 Å². The predicted molar refractivity (Wildman–Crippen MR) is 59.6 cm³/mol. The summed E-state index contributed by atoms with van der Waals surface area (Å²) in [5.74, 6) is -1.37. The van der Waals surface area contributed by atoms with E-state index in [1.54, 1.807) is 0 Å². The maximum absolute atomic E-state index is 11.3. The Balaban J connectivity index is 3.55. The molecule has 1 aromatic rings. The molecule has 0 aromatic heterocycles. The van der Waals surface area contributed by atoms with E-state index in [0.717, 1.165) is 12.1 Å². The Morgan fingerprint density at radius 1 is 1.25 bits per heavy atom. The first kappa shape index (κ1) is 13.5. The number of nitrogens with one attached hydrogen (secondary N) is 1. The highest BCUT2D eigenvalue weighted by Gasteiger charge is 2.21. The van der Waals surface area contributed by atoms with E-state index >= 15 is 0 Å². The molecule has 0 aliphatic rings. The molecule has 0 atom stereocenters. The molecule has 0 amide bonds. The minimum Gasteiger partial charge on any atom is -0.478 e. The Bertz CT molecular complexity index is 543. The summed E-state index contributed by atoms with van der Waals surface area (Å²) >= 11 is 16.2. The highest BCUT2D eigenvalue weighted by molar-refractivity contribution is 7.90. The summed E-state index contributed by atoms with van der Waals surface area (Å²) in [6, 6.07) is 1.85. The van der Waals surface area contributed by atoms with E-state index < -0.39 is 20.9 Å². The third-order valence-electron chi connectivity index (χ3n) is 1.64. The maximum atomic E-state index is 11.3. The first-order chi connectivity index (χ1) is 7.29. The van der Waals surface area contributed by atoms with Gasteiger partial charge < -0.3 is 5.11 Å². The molecule has 0 bridgehead atoms. The van der Waals surface area contributed by atoms with Gasteiger partial charge in [-0.05, 0) is 23.9 Å². The number of halogens is 3. The van der Waals surface area contributed by atoms with E-state index in [0.29, 0.717) is 0 Å². The van der Waals surface area contributed by atoms with Crippen LogP contribution in [0.3, 0.4) is 0 Å². The SMILES string of the molecule is O=C(O)c1cc(S(=O)(=O)NCl)c(Cl)cc1Cl. The smallest absolute Gasteiger partial charge is 0.337 e. The number of benzene rings is 1. The predicted octanol–water partition coefficient (Wildman–Crippen LogP) is 2.12. The molecule has 1 rings (SSSR count). The van der Waals surface area contributed by atoms with Crippen molar-refractivity contribution >= 4 is 51.0 Å². The van der Waals surface area contributed by atoms with E-state index in [1.165, 1.54) is 4.24 Å². The van der Waals surface area contributed by atoms with Crippen LogP contribution in [0.1, 0.15) is 10.4 Å². The van der Waals surface area contributed by atoms with E-state index in [2.05, 4.69) is 0 Å². The fourth-order valence-corrected chi connectivity index (χ4v) is 2.63. The summed E-state index contributed by atoms with van der Waals surface area (Å²) in [6.07, 6.45) is 0. The quantitative estimate of drug-likeness (QED) is 0.838. The zero-order chi connectivity index (χ0) is 12.5. The van der Waals surface area contributed by atoms with Gasteiger partial charge in [0.05, 0.1) is 15.6 Å². The van der Waals surface area contributed by atoms with Gasteiger partial charge in [0.2, 0.25) is 0 Å². The number of rotatable bonds is 3. The molecule has 5 nitrogen and oxygen atoms in total. The van der Waals surface area contributed by atoms with Crippen molar-refractivity contribution in [3.63, 3.8) is 0 Å². The Morgan fingerprint density at radius 3 is 2.25 bits per heavy atom. The number of hydrogen-bond donors (Lipinski definition) is 2. The Morgan fingerprint density at radius 2 is 1.81 bits per heavy atom. The lowest BCUT2D eigenvalue weighted by atomic mass is 10.2. The fourth-order valence-electron chi connectivity index (χ4n) is 0.941. The number of hydrogen-bond acceptors (Lipinski definition) is 3. The van der Waals surface area contributed by atoms with Gasteiger partial charge in [-0.15, -0.1) is 4.24 Å². The average molecular weight is 305 g/mol. The molecule has 0 saturated carbocycles. The molecule has 0 spiro atoms. The Hall–Kier alpha value is -0.530. The number of carboxylic acids is 1. The van der Waals surface area contributed by atoms with Gasteiger partial charge in [-0.25, -0.2) is 13.2 Å². The molecule has 0 fully saturated rings. The second-order valence-corrected chi connectivity index (χ2v) is 5.53. The van der Waals surface area contributed by atoms with Crippen LogP contribution in [0.2, 0.25) is 10.0 Å². The lowest BCUT2D eigenvalue weighted by Gasteiger charge is -2.06. The fraction of sp³-hybridized carbons (Fsp3) is 0. The summed E-state index contributed by atoms with van der Waals surface area (Å²) in [5.41, 5.74) is -0.378. The van der Waals surface area contributed by atoms with Crippen LogP contribution in [0.4, 0.5) is 0 Å². The molecule has 0 heterocycles. The monoisotopic (exact) mass is 303 g/mol. The zero-order valence-electron chi connectivity index (χ0n) is 7.37. The summed E-state index contributed by atoms with van der Waals surface area (Å²) in [6.45, 7) is 0. The van der Waals surface area contributed by atoms with Gasteiger partial charge >= 0.3 is 5.97 Å². The second-order valence-electron chi connectivity index (χ2n) is 2.65. The minimum atomic E-state index is -4.04. The Labute approximate surface area is 106 Å². The van der Waals surface area contributed by atoms with E-state index in [-0.39, 0.29) is 15.6 Å². The Kier molecular flexibility index (Phi) is 4.03. The summed E-state index contributed by atoms with van der Waals surface area (Å²) in [7, 11) is -4.04. The molecule has 9 heteroatoms. The van der Waals surface area contributed by atoms with E-state index in [9.17, 15) is 13.2 Å². The highest BCUT2D eigenvalue weighted by atomic mass is 35.5. The summed E-state index contributed by atoms with van der Waals surface area (Å²) in [5, 5.41) is 8.36.